The quantitative estimate of drug-likeness (QED) is 0.0261. The zero-order valence-electron chi connectivity index (χ0n) is 55.7. The smallest absolute Gasteiger partial charge is 0.220 e. The van der Waals surface area contributed by atoms with Gasteiger partial charge in [-0.2, -0.15) is 0 Å². The van der Waals surface area contributed by atoms with Crippen molar-refractivity contribution in [3.63, 3.8) is 0 Å². The molecular formula is C79H129NO8. The number of carbonyl (C=O) groups is 1. The van der Waals surface area contributed by atoms with E-state index < -0.39 is 49.5 Å². The molecule has 0 saturated carbocycles. The number of rotatable bonds is 59. The Hall–Kier alpha value is -4.45. The van der Waals surface area contributed by atoms with Crippen LogP contribution in [0.1, 0.15) is 264 Å². The van der Waals surface area contributed by atoms with Gasteiger partial charge in [0.25, 0.3) is 0 Å². The van der Waals surface area contributed by atoms with Crippen molar-refractivity contribution in [2.75, 3.05) is 13.2 Å². The molecule has 0 radical (unpaired) electrons. The van der Waals surface area contributed by atoms with Crippen molar-refractivity contribution in [1.82, 2.24) is 5.32 Å². The minimum Gasteiger partial charge on any atom is -0.394 e. The van der Waals surface area contributed by atoms with Gasteiger partial charge in [0.15, 0.2) is 6.29 Å². The lowest BCUT2D eigenvalue weighted by Gasteiger charge is -2.40. The molecule has 0 aromatic rings. The first kappa shape index (κ1) is 81.6. The molecular weight excluding hydrogens is 1090 g/mol. The third-order valence-corrected chi connectivity index (χ3v) is 15.5. The normalized spacial score (nSPS) is 19.0. The van der Waals surface area contributed by atoms with E-state index in [-0.39, 0.29) is 12.5 Å². The first-order chi connectivity index (χ1) is 43.3. The third kappa shape index (κ3) is 53.4. The van der Waals surface area contributed by atoms with E-state index in [1.165, 1.54) is 116 Å². The highest BCUT2D eigenvalue weighted by Gasteiger charge is 2.44. The summed E-state index contributed by atoms with van der Waals surface area (Å²) in [5.41, 5.74) is 0. The second-order valence-electron chi connectivity index (χ2n) is 23.6. The lowest BCUT2D eigenvalue weighted by molar-refractivity contribution is -0.302. The van der Waals surface area contributed by atoms with Crippen LogP contribution in [0.25, 0.3) is 0 Å². The van der Waals surface area contributed by atoms with Crippen molar-refractivity contribution in [3.05, 3.63) is 170 Å². The van der Waals surface area contributed by atoms with Crippen LogP contribution in [0.3, 0.4) is 0 Å². The van der Waals surface area contributed by atoms with Crippen LogP contribution in [-0.2, 0) is 14.3 Å². The van der Waals surface area contributed by atoms with Gasteiger partial charge >= 0.3 is 0 Å². The summed E-state index contributed by atoms with van der Waals surface area (Å²) in [5, 5.41) is 54.7. The van der Waals surface area contributed by atoms with Gasteiger partial charge in [-0.3, -0.25) is 4.79 Å². The summed E-state index contributed by atoms with van der Waals surface area (Å²) in [5.74, 6) is -0.216. The van der Waals surface area contributed by atoms with E-state index in [9.17, 15) is 30.3 Å². The predicted molar refractivity (Wildman–Crippen MR) is 377 cm³/mol. The Bertz CT molecular complexity index is 2000. The monoisotopic (exact) mass is 1220 g/mol. The Balaban J connectivity index is 2.21. The average Bonchev–Trinajstić information content (AvgIpc) is 3.31. The molecule has 7 unspecified atom stereocenters. The third-order valence-electron chi connectivity index (χ3n) is 15.5. The van der Waals surface area contributed by atoms with Gasteiger partial charge in [-0.25, -0.2) is 0 Å². The van der Waals surface area contributed by atoms with Gasteiger partial charge in [-0.05, 0) is 122 Å². The van der Waals surface area contributed by atoms with Crippen LogP contribution in [0.5, 0.6) is 0 Å². The number of hydrogen-bond donors (Lipinski definition) is 6. The van der Waals surface area contributed by atoms with Gasteiger partial charge in [-0.1, -0.05) is 306 Å². The second-order valence-corrected chi connectivity index (χ2v) is 23.6. The van der Waals surface area contributed by atoms with Crippen molar-refractivity contribution in [2.24, 2.45) is 0 Å². The highest BCUT2D eigenvalue weighted by atomic mass is 16.7. The number of aliphatic hydroxyl groups excluding tert-OH is 5. The summed E-state index contributed by atoms with van der Waals surface area (Å²) in [4.78, 5) is 13.1. The molecule has 7 atom stereocenters. The van der Waals surface area contributed by atoms with Crippen LogP contribution in [0.2, 0.25) is 0 Å². The molecule has 1 aliphatic heterocycles. The lowest BCUT2D eigenvalue weighted by atomic mass is 9.99. The summed E-state index contributed by atoms with van der Waals surface area (Å²) < 4.78 is 11.3. The maximum atomic E-state index is 13.1. The van der Waals surface area contributed by atoms with Crippen LogP contribution in [0, 0.1) is 0 Å². The molecule has 9 nitrogen and oxygen atoms in total. The van der Waals surface area contributed by atoms with E-state index in [1.807, 2.05) is 6.08 Å². The molecule has 498 valence electrons. The fourth-order valence-corrected chi connectivity index (χ4v) is 10.0. The molecule has 1 heterocycles. The Morgan fingerprint density at radius 3 is 1.09 bits per heavy atom. The van der Waals surface area contributed by atoms with Crippen molar-refractivity contribution in [2.45, 2.75) is 307 Å². The molecule has 0 spiro atoms. The van der Waals surface area contributed by atoms with E-state index >= 15 is 0 Å². The van der Waals surface area contributed by atoms with E-state index in [0.717, 1.165) is 122 Å². The van der Waals surface area contributed by atoms with Gasteiger partial charge in [-0.15, -0.1) is 0 Å². The number of ether oxygens (including phenoxy) is 2. The SMILES string of the molecule is CC/C=C\C/C=C\C/C=C\C/C=C\C/C=C\C/C=C\C/C=C\C/C=C\C/C=C\C/C=C\C/C=C\C/C=C\CCCCCCC(=O)NC(COC1OC(CO)C(O)C(O)C1O)C(O)/C=C/CC/C=C/CCCCCCCCCCCCCCCCCCCC. The standard InChI is InChI=1S/C79H129NO8/c1-3-5-7-9-11-13-15-17-19-21-23-25-27-29-30-31-32-33-34-35-36-37-38-39-40-41-42-43-44-45-47-49-51-53-55-57-59-61-63-65-67-69-75(83)80-72(71-87-79-78(86)77(85)76(84)74(70-81)88-79)73(82)68-66-64-62-60-58-56-54-52-50-48-46-28-26-24-22-20-18-16-14-12-10-8-6-4-2/h5,7,11,13,17,19,23,25,29-30,32-33,35-36,38-39,41-42,44-45,49,51,55,57-58,60,66,68,72-74,76-79,81-82,84-86H,3-4,6,8-10,12,14-16,18,20-22,24,26-28,31,34,37,40,43,46-48,50,52-54,56,59,61-65,67,69-71H2,1-2H3,(H,80,83)/b7-5-,13-11-,19-17-,25-23-,30-29-,33-32-,36-35-,39-38-,42-41-,45-44-,51-49-,57-55-,60-58+,68-66+. The zero-order valence-corrected chi connectivity index (χ0v) is 55.7. The molecule has 88 heavy (non-hydrogen) atoms. The van der Waals surface area contributed by atoms with Gasteiger partial charge in [0.2, 0.25) is 5.91 Å². The number of amides is 1. The summed E-state index contributed by atoms with van der Waals surface area (Å²) in [7, 11) is 0. The summed E-state index contributed by atoms with van der Waals surface area (Å²) in [6.45, 7) is 3.64. The Morgan fingerprint density at radius 2 is 0.716 bits per heavy atom. The number of nitrogens with one attached hydrogen (secondary N) is 1. The number of aliphatic hydroxyl groups is 5. The first-order valence-corrected chi connectivity index (χ1v) is 35.4. The van der Waals surface area contributed by atoms with Crippen LogP contribution >= 0.6 is 0 Å². The Morgan fingerprint density at radius 1 is 0.398 bits per heavy atom. The number of unbranched alkanes of at least 4 members (excludes halogenated alkanes) is 23. The van der Waals surface area contributed by atoms with E-state index in [4.69, 9.17) is 9.47 Å². The summed E-state index contributed by atoms with van der Waals surface area (Å²) in [6.07, 6.45) is 97.3. The van der Waals surface area contributed by atoms with Crippen LogP contribution in [0.15, 0.2) is 170 Å². The van der Waals surface area contributed by atoms with Crippen molar-refractivity contribution >= 4 is 5.91 Å². The minimum atomic E-state index is -1.59. The molecule has 6 N–H and O–H groups in total. The number of hydrogen-bond acceptors (Lipinski definition) is 8. The molecule has 1 rings (SSSR count). The second kappa shape index (κ2) is 65.5. The molecule has 0 aliphatic carbocycles. The van der Waals surface area contributed by atoms with Crippen molar-refractivity contribution < 1.29 is 39.8 Å². The molecule has 1 amide bonds. The van der Waals surface area contributed by atoms with Crippen molar-refractivity contribution in [1.29, 1.82) is 0 Å². The average molecular weight is 1220 g/mol. The van der Waals surface area contributed by atoms with Crippen LogP contribution in [-0.4, -0.2) is 87.5 Å². The Kier molecular flexibility index (Phi) is 60.7. The summed E-state index contributed by atoms with van der Waals surface area (Å²) >= 11 is 0. The fraction of sp³-hybridized carbons (Fsp3) is 0.633. The highest BCUT2D eigenvalue weighted by molar-refractivity contribution is 5.76. The first-order valence-electron chi connectivity index (χ1n) is 35.4. The van der Waals surface area contributed by atoms with Gasteiger partial charge < -0.3 is 40.3 Å². The predicted octanol–water partition coefficient (Wildman–Crippen LogP) is 19.7. The van der Waals surface area contributed by atoms with Crippen LogP contribution < -0.4 is 5.32 Å². The minimum absolute atomic E-state index is 0.216. The lowest BCUT2D eigenvalue weighted by Crippen LogP contribution is -2.60. The Labute approximate surface area is 538 Å². The molecule has 9 heteroatoms. The van der Waals surface area contributed by atoms with E-state index in [2.05, 4.69) is 177 Å². The molecule has 1 aliphatic rings. The molecule has 0 aromatic carbocycles. The molecule has 1 saturated heterocycles. The fourth-order valence-electron chi connectivity index (χ4n) is 10.0. The van der Waals surface area contributed by atoms with Gasteiger partial charge in [0, 0.05) is 6.42 Å². The van der Waals surface area contributed by atoms with E-state index in [1.54, 1.807) is 6.08 Å². The topological polar surface area (TPSA) is 149 Å². The van der Waals surface area contributed by atoms with Crippen LogP contribution in [0.4, 0.5) is 0 Å². The largest absolute Gasteiger partial charge is 0.394 e. The van der Waals surface area contributed by atoms with E-state index in [0.29, 0.717) is 12.8 Å². The number of allylic oxidation sites excluding steroid dienone is 27. The maximum Gasteiger partial charge on any atom is 0.220 e. The molecule has 0 aromatic heterocycles. The summed E-state index contributed by atoms with van der Waals surface area (Å²) in [6, 6.07) is -0.850. The highest BCUT2D eigenvalue weighted by Crippen LogP contribution is 2.23. The van der Waals surface area contributed by atoms with Crippen molar-refractivity contribution in [3.8, 4) is 0 Å². The van der Waals surface area contributed by atoms with Gasteiger partial charge in [0.05, 0.1) is 25.4 Å². The number of carbonyl (C=O) groups excluding carboxylic acids is 1. The van der Waals surface area contributed by atoms with Gasteiger partial charge in [0.1, 0.15) is 24.4 Å². The molecule has 0 bridgehead atoms. The molecule has 1 fully saturated rings. The zero-order chi connectivity index (χ0) is 63.5. The maximum absolute atomic E-state index is 13.1.